The molecule has 2 rings (SSSR count). The van der Waals surface area contributed by atoms with Gasteiger partial charge in [-0.05, 0) is 66.0 Å². The molecule has 2 aromatic rings. The third-order valence-corrected chi connectivity index (χ3v) is 10.3. The SMILES string of the molecule is CN(C)CCN(C)C.COc1ccccc1/C(=N\[Si](C)(C)C)[N-][Si](C)(C)C.COc1ccccc1/C([N-][Si](C)(C)C)=[NH+]\[Si](C)(C)C.C[NH+](C)CC[NH+](C)C.[Li+].[Li+]. The van der Waals surface area contributed by atoms with Crippen LogP contribution in [-0.2, 0) is 0 Å². The van der Waals surface area contributed by atoms with Crippen molar-refractivity contribution in [3.63, 3.8) is 0 Å². The maximum absolute atomic E-state index is 5.47. The zero-order chi connectivity index (χ0) is 42.5. The molecule has 0 amide bonds. The van der Waals surface area contributed by atoms with Gasteiger partial charge in [0.05, 0.1) is 48.0 Å². The number of hydrogen-bond donors (Lipinski definition) is 3. The molecular formula is C40H85Li2N8O2Si4+3. The molecule has 0 radical (unpaired) electrons. The minimum atomic E-state index is -1.58. The molecule has 3 N–H and O–H groups in total. The Hall–Kier alpha value is -1.12. The van der Waals surface area contributed by atoms with Gasteiger partial charge in [-0.15, -0.1) is 0 Å². The van der Waals surface area contributed by atoms with Crippen LogP contribution in [0.15, 0.2) is 53.2 Å². The van der Waals surface area contributed by atoms with Crippen molar-refractivity contribution in [1.29, 1.82) is 0 Å². The first-order valence-electron chi connectivity index (χ1n) is 19.3. The molecule has 0 fully saturated rings. The van der Waals surface area contributed by atoms with Gasteiger partial charge in [-0.1, -0.05) is 95.1 Å². The number of ether oxygens (including phenoxy) is 2. The van der Waals surface area contributed by atoms with Gasteiger partial charge in [-0.25, -0.2) is 0 Å². The number of para-hydroxylation sites is 2. The van der Waals surface area contributed by atoms with Crippen molar-refractivity contribution in [3.8, 4) is 11.5 Å². The maximum Gasteiger partial charge on any atom is 1.00 e. The van der Waals surface area contributed by atoms with E-state index in [-0.39, 0.29) is 37.7 Å². The summed E-state index contributed by atoms with van der Waals surface area (Å²) in [5.74, 6) is 3.60. The molecule has 16 heteroatoms. The average Bonchev–Trinajstić information content (AvgIpc) is 3.00. The van der Waals surface area contributed by atoms with E-state index in [9.17, 15) is 0 Å². The van der Waals surface area contributed by atoms with Crippen LogP contribution in [0.3, 0.4) is 0 Å². The average molecular weight is 836 g/mol. The maximum atomic E-state index is 5.47. The Morgan fingerprint density at radius 2 is 0.964 bits per heavy atom. The summed E-state index contributed by atoms with van der Waals surface area (Å²) in [7, 11) is 14.3. The summed E-state index contributed by atoms with van der Waals surface area (Å²) in [5.41, 5.74) is 2.07. The number of nitrogens with one attached hydrogen (secondary N) is 3. The van der Waals surface area contributed by atoms with E-state index in [1.54, 1.807) is 14.2 Å². The van der Waals surface area contributed by atoms with Gasteiger partial charge in [0.15, 0.2) is 8.24 Å². The zero-order valence-electron chi connectivity index (χ0n) is 41.0. The molecule has 10 nitrogen and oxygen atoms in total. The molecule has 0 atom stereocenters. The van der Waals surface area contributed by atoms with Crippen molar-refractivity contribution >= 4 is 44.6 Å². The van der Waals surface area contributed by atoms with Gasteiger partial charge in [0.2, 0.25) is 0 Å². The summed E-state index contributed by atoms with van der Waals surface area (Å²) in [4.78, 5) is 17.3. The minimum Gasteiger partial charge on any atom is -0.496 e. The van der Waals surface area contributed by atoms with Crippen molar-refractivity contribution in [2.45, 2.75) is 78.6 Å². The third-order valence-electron chi connectivity index (χ3n) is 6.65. The van der Waals surface area contributed by atoms with Crippen molar-refractivity contribution < 1.29 is 61.7 Å². The van der Waals surface area contributed by atoms with E-state index in [2.05, 4.69) is 155 Å². The standard InChI is InChI=1S/2C14H25N2OSi2.2C6H16N2.2Li/c2*1-17-13-11-9-8-10-12(13)14(15-18(2,3)4)16-19(5,6)7;2*1-7(2)5-6-8(3)4;;/h2*8-11H,1-7H3;2*5-6H2,1-4H3;;/q2*-1;;;2*+1/p+3. The molecular weight excluding hydrogens is 751 g/mol. The number of hydrogen-bond acceptors (Lipinski definition) is 5. The number of amidine groups is 2. The van der Waals surface area contributed by atoms with Crippen molar-refractivity contribution in [2.75, 3.05) is 96.8 Å². The van der Waals surface area contributed by atoms with Crippen LogP contribution in [0.2, 0.25) is 78.6 Å². The predicted octanol–water partition coefficient (Wildman–Crippen LogP) is -1.56. The van der Waals surface area contributed by atoms with Crippen LogP contribution in [-0.4, -0.2) is 151 Å². The van der Waals surface area contributed by atoms with Crippen LogP contribution < -0.4 is 61.7 Å². The first-order chi connectivity index (χ1) is 24.5. The molecule has 2 aromatic carbocycles. The van der Waals surface area contributed by atoms with Gasteiger partial charge in [0, 0.05) is 35.1 Å². The van der Waals surface area contributed by atoms with Gasteiger partial charge in [-0.2, -0.15) is 0 Å². The second kappa shape index (κ2) is 30.0. The van der Waals surface area contributed by atoms with Crippen LogP contribution in [0.4, 0.5) is 0 Å². The van der Waals surface area contributed by atoms with E-state index in [1.165, 1.54) is 22.9 Å². The van der Waals surface area contributed by atoms with Gasteiger partial charge in [0.1, 0.15) is 38.7 Å². The molecule has 312 valence electrons. The second-order valence-corrected chi connectivity index (χ2v) is 37.3. The molecule has 0 spiro atoms. The van der Waals surface area contributed by atoms with Crippen LogP contribution in [0.25, 0.3) is 9.96 Å². The minimum absolute atomic E-state index is 0. The largest absolute Gasteiger partial charge is 1.00 e. The summed E-state index contributed by atoms with van der Waals surface area (Å²) in [6.07, 6.45) is 0. The molecule has 0 aromatic heterocycles. The molecule has 0 heterocycles. The van der Waals surface area contributed by atoms with Crippen LogP contribution in [0, 0.1) is 0 Å². The number of methoxy groups -OCH3 is 2. The van der Waals surface area contributed by atoms with Crippen LogP contribution >= 0.6 is 0 Å². The van der Waals surface area contributed by atoms with E-state index in [1.807, 2.05) is 42.5 Å². The summed E-state index contributed by atoms with van der Waals surface area (Å²) in [5, 5.41) is 0. The quantitative estimate of drug-likeness (QED) is 0.122. The molecule has 0 saturated carbocycles. The Labute approximate surface area is 374 Å². The molecule has 0 saturated heterocycles. The van der Waals surface area contributed by atoms with Crippen molar-refractivity contribution in [1.82, 2.24) is 9.80 Å². The Kier molecular flexibility index (Phi) is 33.0. The Bertz CT molecular complexity index is 1250. The number of rotatable bonds is 14. The van der Waals surface area contributed by atoms with Gasteiger partial charge in [-0.3, -0.25) is 0 Å². The van der Waals surface area contributed by atoms with E-state index in [4.69, 9.17) is 24.1 Å². The molecule has 0 bridgehead atoms. The topological polar surface area (TPSA) is 88.3 Å². The monoisotopic (exact) mass is 836 g/mol. The van der Waals surface area contributed by atoms with E-state index in [0.717, 1.165) is 47.4 Å². The molecule has 56 heavy (non-hydrogen) atoms. The van der Waals surface area contributed by atoms with Gasteiger partial charge < -0.3 is 48.4 Å². The molecule has 0 aliphatic heterocycles. The number of nitrogens with zero attached hydrogens (tertiary/aromatic N) is 5. The van der Waals surface area contributed by atoms with Crippen molar-refractivity contribution in [2.24, 2.45) is 4.66 Å². The first kappa shape index (κ1) is 61.5. The predicted molar refractivity (Wildman–Crippen MR) is 250 cm³/mol. The Balaban J connectivity index is -0.000000343. The van der Waals surface area contributed by atoms with Crippen LogP contribution in [0.5, 0.6) is 11.5 Å². The normalized spacial score (nSPS) is 12.2. The fourth-order valence-corrected chi connectivity index (χ4v) is 7.77. The second-order valence-electron chi connectivity index (χ2n) is 18.8. The summed E-state index contributed by atoms with van der Waals surface area (Å²) in [6.45, 7) is 31.7. The number of benzene rings is 2. The fraction of sp³-hybridized carbons (Fsp3) is 0.650. The van der Waals surface area contributed by atoms with Crippen molar-refractivity contribution in [3.05, 3.63) is 69.6 Å². The van der Waals surface area contributed by atoms with E-state index < -0.39 is 32.9 Å². The van der Waals surface area contributed by atoms with E-state index in [0.29, 0.717) is 0 Å². The van der Waals surface area contributed by atoms with Gasteiger partial charge in [0.25, 0.3) is 0 Å². The summed E-state index contributed by atoms with van der Waals surface area (Å²) in [6, 6.07) is 16.1. The summed E-state index contributed by atoms with van der Waals surface area (Å²) < 4.78 is 19.5. The van der Waals surface area contributed by atoms with Gasteiger partial charge >= 0.3 is 37.7 Å². The number of likely N-dealkylation sites (N-methyl/N-ethyl adjacent to an activating group) is 4. The smallest absolute Gasteiger partial charge is 0.496 e. The fourth-order valence-electron chi connectivity index (χ4n) is 4.20. The summed E-state index contributed by atoms with van der Waals surface area (Å²) >= 11 is 0. The Morgan fingerprint density at radius 1 is 0.607 bits per heavy atom. The molecule has 0 aliphatic carbocycles. The zero-order valence-corrected chi connectivity index (χ0v) is 45.0. The van der Waals surface area contributed by atoms with Crippen LogP contribution in [0.1, 0.15) is 11.1 Å². The molecule has 0 unspecified atom stereocenters. The number of quaternary nitrogens is 2. The third kappa shape index (κ3) is 36.0. The molecule has 0 aliphatic rings. The first-order valence-corrected chi connectivity index (χ1v) is 33.2. The Morgan fingerprint density at radius 3 is 1.27 bits per heavy atom. The van der Waals surface area contributed by atoms with E-state index >= 15 is 0 Å².